The van der Waals surface area contributed by atoms with Crippen LogP contribution in [0.3, 0.4) is 0 Å². The third-order valence-corrected chi connectivity index (χ3v) is 4.15. The second-order valence-corrected chi connectivity index (χ2v) is 7.14. The number of aromatic carboxylic acids is 1. The first kappa shape index (κ1) is 18.3. The number of aliphatic hydroxyl groups is 1. The molecular weight excluding hydrogens is 310 g/mol. The molecule has 2 rings (SSSR count). The first-order chi connectivity index (χ1) is 11.2. The lowest BCUT2D eigenvalue weighted by Gasteiger charge is -2.35. The molecule has 0 radical (unpaired) electrons. The van der Waals surface area contributed by atoms with Gasteiger partial charge < -0.3 is 19.8 Å². The van der Waals surface area contributed by atoms with Crippen LogP contribution in [0.25, 0.3) is 0 Å². The molecule has 0 aromatic heterocycles. The molecule has 2 N–H and O–H groups in total. The maximum absolute atomic E-state index is 12.1. The number of carboxylic acid groups (broad SMARTS) is 1. The molecule has 0 spiro atoms. The van der Waals surface area contributed by atoms with E-state index in [2.05, 4.69) is 0 Å². The number of rotatable bonds is 3. The second kappa shape index (κ2) is 7.21. The molecule has 0 saturated carbocycles. The highest BCUT2D eigenvalue weighted by molar-refractivity contribution is 5.89. The molecule has 1 atom stereocenters. The number of nitrogens with zero attached hydrogens (tertiary/aromatic N) is 1. The molecule has 1 aliphatic rings. The summed E-state index contributed by atoms with van der Waals surface area (Å²) in [6.07, 6.45) is 0.0161. The van der Waals surface area contributed by atoms with Crippen molar-refractivity contribution in [3.63, 3.8) is 0 Å². The van der Waals surface area contributed by atoms with Gasteiger partial charge >= 0.3 is 12.1 Å². The predicted molar refractivity (Wildman–Crippen MR) is 88.9 cm³/mol. The number of benzene rings is 1. The van der Waals surface area contributed by atoms with E-state index in [1.54, 1.807) is 23.1 Å². The van der Waals surface area contributed by atoms with Gasteiger partial charge in [-0.1, -0.05) is 18.2 Å². The smallest absolute Gasteiger partial charge is 0.410 e. The lowest BCUT2D eigenvalue weighted by molar-refractivity contribution is 0.00756. The van der Waals surface area contributed by atoms with Crippen molar-refractivity contribution in [2.75, 3.05) is 13.1 Å². The van der Waals surface area contributed by atoms with Crippen LogP contribution in [0.4, 0.5) is 4.79 Å². The molecule has 0 aliphatic carbocycles. The third-order valence-electron chi connectivity index (χ3n) is 4.15. The van der Waals surface area contributed by atoms with Crippen molar-refractivity contribution in [3.05, 3.63) is 35.4 Å². The lowest BCUT2D eigenvalue weighted by atomic mass is 9.86. The fourth-order valence-corrected chi connectivity index (χ4v) is 2.93. The van der Waals surface area contributed by atoms with Crippen molar-refractivity contribution in [3.8, 4) is 0 Å². The monoisotopic (exact) mass is 335 g/mol. The zero-order valence-electron chi connectivity index (χ0n) is 14.4. The number of aliphatic hydroxyl groups excluding tert-OH is 1. The molecule has 1 unspecified atom stereocenters. The number of carboxylic acids is 1. The van der Waals surface area contributed by atoms with Crippen molar-refractivity contribution in [2.45, 2.75) is 45.3 Å². The summed E-state index contributed by atoms with van der Waals surface area (Å²) in [7, 11) is 0. The number of hydrogen-bond acceptors (Lipinski definition) is 4. The predicted octanol–water partition coefficient (Wildman–Crippen LogP) is 3.07. The van der Waals surface area contributed by atoms with Gasteiger partial charge in [-0.3, -0.25) is 0 Å². The molecule has 1 heterocycles. The normalized spacial score (nSPS) is 17.4. The van der Waals surface area contributed by atoms with Crippen LogP contribution in [0.15, 0.2) is 24.3 Å². The summed E-state index contributed by atoms with van der Waals surface area (Å²) in [5.74, 6) is -1.12. The van der Waals surface area contributed by atoms with Crippen LogP contribution in [-0.2, 0) is 4.74 Å². The van der Waals surface area contributed by atoms with E-state index in [9.17, 15) is 19.8 Å². The van der Waals surface area contributed by atoms with E-state index in [4.69, 9.17) is 4.74 Å². The summed E-state index contributed by atoms with van der Waals surface area (Å²) in [5.41, 5.74) is 0.0220. The summed E-state index contributed by atoms with van der Waals surface area (Å²) in [5, 5.41) is 19.8. The minimum atomic E-state index is -1.05. The first-order valence-electron chi connectivity index (χ1n) is 8.17. The summed E-state index contributed by atoms with van der Waals surface area (Å²) in [6.45, 7) is 6.45. The maximum atomic E-state index is 12.1. The van der Waals surface area contributed by atoms with Gasteiger partial charge in [0.1, 0.15) is 5.60 Å². The first-order valence-corrected chi connectivity index (χ1v) is 8.17. The highest BCUT2D eigenvalue weighted by atomic mass is 16.6. The number of piperidine rings is 1. The van der Waals surface area contributed by atoms with Gasteiger partial charge in [0, 0.05) is 13.1 Å². The van der Waals surface area contributed by atoms with E-state index >= 15 is 0 Å². The Hall–Kier alpha value is -2.08. The fourth-order valence-electron chi connectivity index (χ4n) is 2.93. The number of hydrogen-bond donors (Lipinski definition) is 2. The molecule has 1 aromatic rings. The fraction of sp³-hybridized carbons (Fsp3) is 0.556. The topological polar surface area (TPSA) is 87.1 Å². The summed E-state index contributed by atoms with van der Waals surface area (Å²) < 4.78 is 5.35. The Morgan fingerprint density at radius 2 is 1.79 bits per heavy atom. The molecule has 6 heteroatoms. The van der Waals surface area contributed by atoms with Crippen LogP contribution in [0.1, 0.15) is 55.6 Å². The van der Waals surface area contributed by atoms with Crippen LogP contribution >= 0.6 is 0 Å². The highest BCUT2D eigenvalue weighted by Gasteiger charge is 2.31. The van der Waals surface area contributed by atoms with Gasteiger partial charge in [0.15, 0.2) is 0 Å². The van der Waals surface area contributed by atoms with E-state index < -0.39 is 17.7 Å². The van der Waals surface area contributed by atoms with Crippen LogP contribution in [0.2, 0.25) is 0 Å². The highest BCUT2D eigenvalue weighted by Crippen LogP contribution is 2.32. The Bertz CT molecular complexity index is 600. The van der Waals surface area contributed by atoms with Gasteiger partial charge in [0.05, 0.1) is 11.7 Å². The molecule has 1 saturated heterocycles. The molecule has 1 aliphatic heterocycles. The zero-order valence-corrected chi connectivity index (χ0v) is 14.4. The summed E-state index contributed by atoms with van der Waals surface area (Å²) in [6, 6.07) is 6.51. The number of ether oxygens (including phenoxy) is 1. The average molecular weight is 335 g/mol. The SMILES string of the molecule is CC(C)(C)OC(=O)N1CCC(C(O)c2ccccc2C(=O)O)CC1. The van der Waals surface area contributed by atoms with Gasteiger partial charge in [-0.25, -0.2) is 9.59 Å². The quantitative estimate of drug-likeness (QED) is 0.886. The maximum Gasteiger partial charge on any atom is 0.410 e. The molecule has 132 valence electrons. The van der Waals surface area contributed by atoms with E-state index in [1.807, 2.05) is 20.8 Å². The molecule has 6 nitrogen and oxygen atoms in total. The van der Waals surface area contributed by atoms with E-state index in [1.165, 1.54) is 6.07 Å². The number of carbonyl (C=O) groups is 2. The van der Waals surface area contributed by atoms with Crippen LogP contribution in [-0.4, -0.2) is 45.9 Å². The van der Waals surface area contributed by atoms with Crippen LogP contribution in [0, 0.1) is 5.92 Å². The zero-order chi connectivity index (χ0) is 17.9. The molecule has 24 heavy (non-hydrogen) atoms. The third kappa shape index (κ3) is 4.47. The standard InChI is InChI=1S/C18H25NO5/c1-18(2,3)24-17(23)19-10-8-12(9-11-19)15(20)13-6-4-5-7-14(13)16(21)22/h4-7,12,15,20H,8-11H2,1-3H3,(H,21,22). The van der Waals surface area contributed by atoms with Gasteiger partial charge in [-0.05, 0) is 51.2 Å². The van der Waals surface area contributed by atoms with Crippen molar-refractivity contribution in [1.82, 2.24) is 4.90 Å². The van der Waals surface area contributed by atoms with Gasteiger partial charge in [0.2, 0.25) is 0 Å². The van der Waals surface area contributed by atoms with Crippen LogP contribution < -0.4 is 0 Å². The Morgan fingerprint density at radius 3 is 2.33 bits per heavy atom. The van der Waals surface area contributed by atoms with E-state index in [0.29, 0.717) is 31.5 Å². The average Bonchev–Trinajstić information content (AvgIpc) is 2.52. The Labute approximate surface area is 142 Å². The largest absolute Gasteiger partial charge is 0.478 e. The van der Waals surface area contributed by atoms with Crippen molar-refractivity contribution in [2.24, 2.45) is 5.92 Å². The Balaban J connectivity index is 2.00. The van der Waals surface area contributed by atoms with Crippen molar-refractivity contribution in [1.29, 1.82) is 0 Å². The van der Waals surface area contributed by atoms with Gasteiger partial charge in [-0.2, -0.15) is 0 Å². The Kier molecular flexibility index (Phi) is 5.49. The molecule has 1 aromatic carbocycles. The number of carbonyl (C=O) groups excluding carboxylic acids is 1. The lowest BCUT2D eigenvalue weighted by Crippen LogP contribution is -2.42. The van der Waals surface area contributed by atoms with E-state index in [0.717, 1.165) is 0 Å². The van der Waals surface area contributed by atoms with Gasteiger partial charge in [0.25, 0.3) is 0 Å². The number of likely N-dealkylation sites (tertiary alicyclic amines) is 1. The molecule has 1 fully saturated rings. The molecule has 0 bridgehead atoms. The minimum absolute atomic E-state index is 0.0795. The summed E-state index contributed by atoms with van der Waals surface area (Å²) >= 11 is 0. The van der Waals surface area contributed by atoms with Crippen molar-refractivity contribution >= 4 is 12.1 Å². The number of amides is 1. The van der Waals surface area contributed by atoms with Gasteiger partial charge in [-0.15, -0.1) is 0 Å². The second-order valence-electron chi connectivity index (χ2n) is 7.14. The summed E-state index contributed by atoms with van der Waals surface area (Å²) in [4.78, 5) is 25.0. The van der Waals surface area contributed by atoms with E-state index in [-0.39, 0.29) is 17.6 Å². The Morgan fingerprint density at radius 1 is 1.21 bits per heavy atom. The minimum Gasteiger partial charge on any atom is -0.478 e. The molecular formula is C18H25NO5. The van der Waals surface area contributed by atoms with Crippen LogP contribution in [0.5, 0.6) is 0 Å². The molecule has 1 amide bonds. The van der Waals surface area contributed by atoms with Crippen molar-refractivity contribution < 1.29 is 24.5 Å².